The molecular formula is C91H107Cl4F3N20O10S3. The molecule has 6 amide bonds. The fourth-order valence-corrected chi connectivity index (χ4v) is 15.5. The molecule has 9 heterocycles. The fourth-order valence-electron chi connectivity index (χ4n) is 14.8. The number of fused-ring (bicyclic) bond motifs is 6. The Kier molecular flexibility index (Phi) is 42.8. The summed E-state index contributed by atoms with van der Waals surface area (Å²) in [5, 5.41) is 37.8. The molecule has 3 N–H and O–H groups in total. The lowest BCUT2D eigenvalue weighted by molar-refractivity contribution is -0.133. The molecule has 0 radical (unpaired) electrons. The van der Waals surface area contributed by atoms with E-state index in [4.69, 9.17) is 49.0 Å². The number of anilines is 3. The van der Waals surface area contributed by atoms with Gasteiger partial charge in [0.05, 0.1) is 46.3 Å². The summed E-state index contributed by atoms with van der Waals surface area (Å²) >= 11 is 18.1. The van der Waals surface area contributed by atoms with E-state index in [-0.39, 0.29) is 150 Å². The number of aldehydes is 1. The van der Waals surface area contributed by atoms with E-state index in [2.05, 4.69) is 75.9 Å². The molecule has 0 fully saturated rings. The van der Waals surface area contributed by atoms with Crippen molar-refractivity contribution in [2.75, 3.05) is 83.1 Å². The summed E-state index contributed by atoms with van der Waals surface area (Å²) in [7, 11) is 4.99. The molecule has 131 heavy (non-hydrogen) atoms. The zero-order chi connectivity index (χ0) is 89.6. The molecule has 0 saturated carbocycles. The number of pyridine rings is 3. The molecule has 6 aromatic carbocycles. The number of nitrogens with zero attached hydrogens (tertiary/aromatic N) is 17. The molecule has 3 atom stereocenters. The summed E-state index contributed by atoms with van der Waals surface area (Å²) < 4.78 is 64.0. The molecule has 0 unspecified atom stereocenters. The van der Waals surface area contributed by atoms with Gasteiger partial charge in [-0.2, -0.15) is 40.5 Å². The third-order valence-corrected chi connectivity index (χ3v) is 23.6. The van der Waals surface area contributed by atoms with Crippen molar-refractivity contribution in [3.8, 4) is 0 Å². The Morgan fingerprint density at radius 1 is 0.435 bits per heavy atom. The number of benzene rings is 6. The van der Waals surface area contributed by atoms with Crippen LogP contribution in [0.2, 0.25) is 15.1 Å². The van der Waals surface area contributed by atoms with E-state index in [9.17, 15) is 46.7 Å². The van der Waals surface area contributed by atoms with E-state index in [1.54, 1.807) is 111 Å². The van der Waals surface area contributed by atoms with Crippen LogP contribution in [0.1, 0.15) is 105 Å². The largest absolute Gasteiger partial charge is 0.447 e. The van der Waals surface area contributed by atoms with Gasteiger partial charge in [0, 0.05) is 121 Å². The number of nitrogens with one attached hydrogen (secondary N) is 3. The molecule has 3 aliphatic rings. The lowest BCUT2D eigenvalue weighted by Gasteiger charge is -2.30. The molecule has 15 rings (SSSR count). The van der Waals surface area contributed by atoms with E-state index < -0.39 is 41.8 Å². The number of halogens is 7. The van der Waals surface area contributed by atoms with Gasteiger partial charge in [-0.3, -0.25) is 40.1 Å². The van der Waals surface area contributed by atoms with Crippen LogP contribution in [-0.2, 0) is 91.8 Å². The summed E-state index contributed by atoms with van der Waals surface area (Å²) in [5.74, 6) is 2.03. The number of amides is 6. The molecule has 6 aromatic heterocycles. The first-order valence-electron chi connectivity index (χ1n) is 42.0. The monoisotopic (exact) mass is 1930 g/mol. The van der Waals surface area contributed by atoms with Crippen LogP contribution >= 0.6 is 87.7 Å². The molecule has 12 aromatic rings. The van der Waals surface area contributed by atoms with Crippen LogP contribution in [0.3, 0.4) is 0 Å². The molecule has 30 nitrogen and oxygen atoms in total. The van der Waals surface area contributed by atoms with Crippen LogP contribution < -0.4 is 16.0 Å². The fraction of sp³-hybridized carbons (Fsp3) is 0.363. The predicted octanol–water partition coefficient (Wildman–Crippen LogP) is 16.2. The maximum Gasteiger partial charge on any atom is 0.412 e. The minimum Gasteiger partial charge on any atom is -0.447 e. The number of rotatable bonds is 32. The maximum absolute atomic E-state index is 13.9. The SMILES string of the molecule is CN(C(=O)CCc1cccc(F)c1Cl)[C@@H](CCC=O)COC(=O)Nc1cc2ccccc2cn1.CN(C(=O)CCc1cccc(F)c1Cl)[C@@H](CCCN1CCn2cnnc2C1)COC(=O)Nc1cc2ccccc2cn1.CN(C(=O)CCc1cccc(F)c1Cl)[C@@H](CCCN1CCn2cnnc2C1)COC(=O)Nc1cc2ccccc2cn1.Cl.S.S.S.c1nnc2n1CCCC2. The molecule has 698 valence electrons. The van der Waals surface area contributed by atoms with Gasteiger partial charge in [0.25, 0.3) is 0 Å². The van der Waals surface area contributed by atoms with Crippen molar-refractivity contribution < 1.29 is 60.9 Å². The first-order chi connectivity index (χ1) is 61.6. The van der Waals surface area contributed by atoms with Gasteiger partial charge in [0.15, 0.2) is 0 Å². The minimum absolute atomic E-state index is 0. The van der Waals surface area contributed by atoms with E-state index in [0.29, 0.717) is 79.3 Å². The maximum atomic E-state index is 13.9. The quantitative estimate of drug-likeness (QED) is 0.0260. The van der Waals surface area contributed by atoms with Gasteiger partial charge < -0.3 is 47.4 Å². The summed E-state index contributed by atoms with van der Waals surface area (Å²) in [5.41, 5.74) is 1.68. The Bertz CT molecular complexity index is 5510. The van der Waals surface area contributed by atoms with E-state index in [1.807, 2.05) is 88.3 Å². The molecule has 3 aliphatic heterocycles. The lowest BCUT2D eigenvalue weighted by Crippen LogP contribution is -2.42. The van der Waals surface area contributed by atoms with Gasteiger partial charge >= 0.3 is 18.3 Å². The van der Waals surface area contributed by atoms with Crippen LogP contribution in [-0.4, -0.2) is 211 Å². The first-order valence-corrected chi connectivity index (χ1v) is 43.1. The highest BCUT2D eigenvalue weighted by Crippen LogP contribution is 2.28. The Morgan fingerprint density at radius 2 is 0.763 bits per heavy atom. The van der Waals surface area contributed by atoms with Crippen molar-refractivity contribution in [2.24, 2.45) is 0 Å². The molecule has 0 aliphatic carbocycles. The van der Waals surface area contributed by atoms with Gasteiger partial charge in [-0.25, -0.2) is 42.5 Å². The second kappa shape index (κ2) is 53.3. The number of hydrogen-bond acceptors (Lipinski definition) is 21. The lowest BCUT2D eigenvalue weighted by atomic mass is 10.1. The summed E-state index contributed by atoms with van der Waals surface area (Å²) in [4.78, 5) is 110. The standard InChI is InChI=1S/2C30H33ClFN7O3.C25H25ClFN3O4.C6H9N3.ClH.3H2S/c2*1-37(28(40)12-11-21-8-4-10-25(32)29(21)31)24(9-5-13-38-14-15-39-20-34-36-27(39)18-38)19-42-30(41)35-26-16-22-6-2-3-7-23(22)17-33-26;1-30(23(32)12-11-17-8-4-10-21(27)24(17)26)20(9-5-13-31)16-34-25(33)29-22-14-18-6-2-3-7-19(18)15-28-22;1-2-4-9-5-7-8-6(9)3-1;;;;/h2*2-4,6-8,10,16-17,20,24H,5,9,11-15,18-19H2,1H3,(H,33,35,41);2-4,6-8,10,13-15,20H,5,9,11-12,16H2,1H3,(H,28,29,33);5H,1-4H2;1H;3*1H2/t2*24-;20-;;;;;/m000...../s1. The summed E-state index contributed by atoms with van der Waals surface area (Å²) in [6.45, 7) is 7.50. The highest BCUT2D eigenvalue weighted by atomic mass is 35.5. The van der Waals surface area contributed by atoms with Crippen LogP contribution in [0.4, 0.5) is 45.0 Å². The molecule has 0 spiro atoms. The summed E-state index contributed by atoms with van der Waals surface area (Å²) in [6, 6.07) is 40.7. The number of aromatic nitrogens is 12. The zero-order valence-electron chi connectivity index (χ0n) is 72.6. The van der Waals surface area contributed by atoms with Crippen LogP contribution in [0.15, 0.2) is 183 Å². The average Bonchev–Trinajstić information content (AvgIpc) is 1.10. The highest BCUT2D eigenvalue weighted by Gasteiger charge is 2.29. The van der Waals surface area contributed by atoms with E-state index in [1.165, 1.54) is 42.0 Å². The van der Waals surface area contributed by atoms with Crippen LogP contribution in [0.5, 0.6) is 0 Å². The number of hydrogen-bond donors (Lipinski definition) is 3. The zero-order valence-corrected chi connectivity index (χ0v) is 78.7. The van der Waals surface area contributed by atoms with Gasteiger partial charge in [-0.15, -0.1) is 43.0 Å². The number of aryl methyl sites for hydroxylation is 5. The predicted molar refractivity (Wildman–Crippen MR) is 515 cm³/mol. The first kappa shape index (κ1) is 105. The third-order valence-electron chi connectivity index (χ3n) is 22.4. The van der Waals surface area contributed by atoms with Crippen molar-refractivity contribution in [3.63, 3.8) is 0 Å². The number of carbonyl (C=O) groups is 7. The Morgan fingerprint density at radius 3 is 1.11 bits per heavy atom. The second-order valence-electron chi connectivity index (χ2n) is 30.9. The van der Waals surface area contributed by atoms with Gasteiger partial charge in [-0.1, -0.05) is 144 Å². The Hall–Kier alpha value is -11.2. The Labute approximate surface area is 799 Å². The number of likely N-dealkylation sites (N-methyl/N-ethyl adjacent to an activating group) is 3. The molecule has 40 heteroatoms. The van der Waals surface area contributed by atoms with Gasteiger partial charge in [0.2, 0.25) is 17.7 Å². The van der Waals surface area contributed by atoms with Crippen molar-refractivity contribution in [2.45, 2.75) is 147 Å². The van der Waals surface area contributed by atoms with E-state index in [0.717, 1.165) is 121 Å². The average molecular weight is 1940 g/mol. The minimum atomic E-state index is -0.716. The molecular weight excluding hydrogens is 1830 g/mol. The van der Waals surface area contributed by atoms with Crippen molar-refractivity contribution in [1.29, 1.82) is 0 Å². The highest BCUT2D eigenvalue weighted by molar-refractivity contribution is 7.59. The number of ether oxygens (including phenoxy) is 3. The number of carbonyl (C=O) groups excluding carboxylic acids is 7. The van der Waals surface area contributed by atoms with Gasteiger partial charge in [0.1, 0.15) is 97.5 Å². The molecule has 0 saturated heterocycles. The van der Waals surface area contributed by atoms with Gasteiger partial charge in [-0.05, 0) is 147 Å². The van der Waals surface area contributed by atoms with Crippen molar-refractivity contribution >= 4 is 180 Å². The van der Waals surface area contributed by atoms with Crippen LogP contribution in [0, 0.1) is 17.5 Å². The third kappa shape index (κ3) is 31.2. The second-order valence-corrected chi connectivity index (χ2v) is 32.0. The smallest absolute Gasteiger partial charge is 0.412 e. The molecule has 0 bridgehead atoms. The Balaban J connectivity index is 0.000000228. The van der Waals surface area contributed by atoms with Crippen LogP contribution in [0.25, 0.3) is 32.3 Å². The van der Waals surface area contributed by atoms with Crippen molar-refractivity contribution in [3.05, 3.63) is 250 Å². The van der Waals surface area contributed by atoms with E-state index >= 15 is 0 Å². The van der Waals surface area contributed by atoms with Crippen molar-refractivity contribution in [1.82, 2.24) is 83.7 Å². The normalized spacial score (nSPS) is 13.1. The summed E-state index contributed by atoms with van der Waals surface area (Å²) in [6.07, 6.45) is 17.3. The topological polar surface area (TPSA) is 330 Å².